The Labute approximate surface area is 158 Å². The highest BCUT2D eigenvalue weighted by molar-refractivity contribution is 7.90. The van der Waals surface area contributed by atoms with Crippen LogP contribution in [0.15, 0.2) is 59.5 Å². The van der Waals surface area contributed by atoms with E-state index in [2.05, 4.69) is 15.5 Å². The van der Waals surface area contributed by atoms with Gasteiger partial charge >= 0.3 is 0 Å². The van der Waals surface area contributed by atoms with E-state index in [0.29, 0.717) is 11.4 Å². The van der Waals surface area contributed by atoms with Crippen molar-refractivity contribution in [1.29, 1.82) is 0 Å². The molecule has 1 atom stereocenters. The number of hydrogen-bond acceptors (Lipinski definition) is 4. The molecule has 27 heavy (non-hydrogen) atoms. The number of carbonyl (C=O) groups excluding carboxylic acids is 1. The van der Waals surface area contributed by atoms with Crippen LogP contribution >= 0.6 is 0 Å². The normalized spacial score (nSPS) is 12.6. The molecule has 1 unspecified atom stereocenters. The fourth-order valence-corrected chi connectivity index (χ4v) is 3.30. The lowest BCUT2D eigenvalue weighted by Gasteiger charge is -2.14. The monoisotopic (exact) mass is 383 g/mol. The third-order valence-electron chi connectivity index (χ3n) is 4.33. The largest absolute Gasteiger partial charge is 0.344 e. The topological polar surface area (TPSA) is 91.9 Å². The van der Waals surface area contributed by atoms with Crippen LogP contribution in [0, 0.1) is 6.92 Å². The average molecular weight is 383 g/mol. The summed E-state index contributed by atoms with van der Waals surface area (Å²) in [5.74, 6) is -0.277. The smallest absolute Gasteiger partial charge is 0.269 e. The van der Waals surface area contributed by atoms with E-state index in [1.807, 2.05) is 38.1 Å². The van der Waals surface area contributed by atoms with Crippen molar-refractivity contribution in [1.82, 2.24) is 15.5 Å². The van der Waals surface area contributed by atoms with Crippen molar-refractivity contribution in [2.24, 2.45) is 0 Å². The van der Waals surface area contributed by atoms with Crippen LogP contribution in [0.1, 0.15) is 34.6 Å². The predicted octanol–water partition coefficient (Wildman–Crippen LogP) is 3.28. The summed E-state index contributed by atoms with van der Waals surface area (Å²) in [6.07, 6.45) is 1.16. The zero-order valence-corrected chi connectivity index (χ0v) is 16.2. The molecule has 0 aliphatic rings. The molecule has 0 saturated heterocycles. The van der Waals surface area contributed by atoms with Crippen molar-refractivity contribution in [2.45, 2.75) is 24.8 Å². The lowest BCUT2D eigenvalue weighted by atomic mass is 10.1. The standard InChI is InChI=1S/C20H21N3O3S/c1-13-4-6-16(7-5-13)18-12-19(23-22-18)20(24)21-14(2)15-8-10-17(11-9-15)27(3,25)26/h4-12,14H,1-3H3,(H,21,24)(H,22,23). The van der Waals surface area contributed by atoms with Gasteiger partial charge in [-0.2, -0.15) is 5.10 Å². The highest BCUT2D eigenvalue weighted by Crippen LogP contribution is 2.20. The molecular formula is C20H21N3O3S. The number of H-pyrrole nitrogens is 1. The summed E-state index contributed by atoms with van der Waals surface area (Å²) in [6.45, 7) is 3.85. The molecule has 0 bridgehead atoms. The average Bonchev–Trinajstić information content (AvgIpc) is 3.12. The van der Waals surface area contributed by atoms with E-state index >= 15 is 0 Å². The molecule has 0 fully saturated rings. The number of aromatic amines is 1. The highest BCUT2D eigenvalue weighted by Gasteiger charge is 2.15. The number of nitrogens with zero attached hydrogens (tertiary/aromatic N) is 1. The van der Waals surface area contributed by atoms with E-state index < -0.39 is 9.84 Å². The lowest BCUT2D eigenvalue weighted by Crippen LogP contribution is -2.27. The van der Waals surface area contributed by atoms with E-state index in [-0.39, 0.29) is 16.8 Å². The van der Waals surface area contributed by atoms with Gasteiger partial charge in [0.2, 0.25) is 0 Å². The number of benzene rings is 2. The van der Waals surface area contributed by atoms with E-state index in [9.17, 15) is 13.2 Å². The Bertz CT molecular complexity index is 1050. The van der Waals surface area contributed by atoms with Crippen LogP contribution in [0.25, 0.3) is 11.3 Å². The van der Waals surface area contributed by atoms with Crippen molar-refractivity contribution >= 4 is 15.7 Å². The van der Waals surface area contributed by atoms with Gasteiger partial charge in [0, 0.05) is 11.8 Å². The minimum absolute atomic E-state index is 0.251. The quantitative estimate of drug-likeness (QED) is 0.707. The highest BCUT2D eigenvalue weighted by atomic mass is 32.2. The summed E-state index contributed by atoms with van der Waals surface area (Å²) >= 11 is 0. The molecule has 0 radical (unpaired) electrons. The molecule has 1 aromatic heterocycles. The summed E-state index contributed by atoms with van der Waals surface area (Å²) in [4.78, 5) is 12.7. The lowest BCUT2D eigenvalue weighted by molar-refractivity contribution is 0.0935. The maximum atomic E-state index is 12.5. The molecule has 0 aliphatic heterocycles. The zero-order chi connectivity index (χ0) is 19.6. The third-order valence-corrected chi connectivity index (χ3v) is 5.45. The summed E-state index contributed by atoms with van der Waals surface area (Å²) in [7, 11) is -3.24. The van der Waals surface area contributed by atoms with Crippen molar-refractivity contribution in [3.8, 4) is 11.3 Å². The van der Waals surface area contributed by atoms with Gasteiger partial charge in [0.05, 0.1) is 16.6 Å². The molecule has 7 heteroatoms. The van der Waals surface area contributed by atoms with Crippen LogP contribution in [0.2, 0.25) is 0 Å². The van der Waals surface area contributed by atoms with Crippen molar-refractivity contribution < 1.29 is 13.2 Å². The first-order chi connectivity index (χ1) is 12.7. The Morgan fingerprint density at radius 2 is 1.70 bits per heavy atom. The van der Waals surface area contributed by atoms with Gasteiger partial charge in [0.25, 0.3) is 5.91 Å². The minimum Gasteiger partial charge on any atom is -0.344 e. The van der Waals surface area contributed by atoms with Crippen molar-refractivity contribution in [3.05, 3.63) is 71.4 Å². The number of aromatic nitrogens is 2. The van der Waals surface area contributed by atoms with Gasteiger partial charge in [0.1, 0.15) is 5.69 Å². The van der Waals surface area contributed by atoms with Crippen LogP contribution in [0.3, 0.4) is 0 Å². The molecule has 0 aliphatic carbocycles. The molecule has 2 N–H and O–H groups in total. The van der Waals surface area contributed by atoms with Crippen LogP contribution in [-0.4, -0.2) is 30.8 Å². The molecule has 1 amide bonds. The van der Waals surface area contributed by atoms with E-state index in [0.717, 1.165) is 22.9 Å². The number of aryl methyl sites for hydroxylation is 1. The first-order valence-corrected chi connectivity index (χ1v) is 10.4. The van der Waals surface area contributed by atoms with Gasteiger partial charge in [-0.3, -0.25) is 9.89 Å². The zero-order valence-electron chi connectivity index (χ0n) is 15.4. The first-order valence-electron chi connectivity index (χ1n) is 8.47. The Morgan fingerprint density at radius 3 is 2.30 bits per heavy atom. The van der Waals surface area contributed by atoms with Crippen LogP contribution in [0.5, 0.6) is 0 Å². The van der Waals surface area contributed by atoms with Gasteiger partial charge in [-0.25, -0.2) is 8.42 Å². The number of nitrogens with one attached hydrogen (secondary N) is 2. The fourth-order valence-electron chi connectivity index (χ4n) is 2.67. The van der Waals surface area contributed by atoms with Crippen molar-refractivity contribution in [3.63, 3.8) is 0 Å². The van der Waals surface area contributed by atoms with Crippen LogP contribution < -0.4 is 5.32 Å². The van der Waals surface area contributed by atoms with Gasteiger partial charge < -0.3 is 5.32 Å². The van der Waals surface area contributed by atoms with Gasteiger partial charge in [-0.05, 0) is 37.6 Å². The summed E-state index contributed by atoms with van der Waals surface area (Å²) < 4.78 is 23.1. The number of sulfone groups is 1. The van der Waals surface area contributed by atoms with E-state index in [4.69, 9.17) is 0 Å². The molecule has 140 valence electrons. The van der Waals surface area contributed by atoms with Crippen LogP contribution in [0.4, 0.5) is 0 Å². The number of amides is 1. The molecule has 3 aromatic rings. The molecule has 0 spiro atoms. The Hall–Kier alpha value is -2.93. The van der Waals surface area contributed by atoms with Gasteiger partial charge in [-0.1, -0.05) is 42.0 Å². The molecule has 6 nitrogen and oxygen atoms in total. The minimum atomic E-state index is -3.24. The number of hydrogen-bond donors (Lipinski definition) is 2. The molecule has 0 saturated carbocycles. The van der Waals surface area contributed by atoms with Gasteiger partial charge in [-0.15, -0.1) is 0 Å². The summed E-state index contributed by atoms with van der Waals surface area (Å²) in [5.41, 5.74) is 3.97. The van der Waals surface area contributed by atoms with Gasteiger partial charge in [0.15, 0.2) is 9.84 Å². The number of rotatable bonds is 5. The third kappa shape index (κ3) is 4.43. The first kappa shape index (κ1) is 18.8. The Morgan fingerprint density at radius 1 is 1.07 bits per heavy atom. The molecular weight excluding hydrogens is 362 g/mol. The maximum Gasteiger partial charge on any atom is 0.269 e. The summed E-state index contributed by atoms with van der Waals surface area (Å²) in [6, 6.07) is 15.8. The maximum absolute atomic E-state index is 12.5. The second-order valence-electron chi connectivity index (χ2n) is 6.57. The fraction of sp³-hybridized carbons (Fsp3) is 0.200. The SMILES string of the molecule is Cc1ccc(-c2cc(C(=O)NC(C)c3ccc(S(C)(=O)=O)cc3)[nH]n2)cc1. The Kier molecular flexibility index (Phi) is 5.14. The molecule has 3 rings (SSSR count). The summed E-state index contributed by atoms with van der Waals surface area (Å²) in [5, 5.41) is 9.85. The molecule has 1 heterocycles. The predicted molar refractivity (Wildman–Crippen MR) is 104 cm³/mol. The molecule has 2 aromatic carbocycles. The Balaban J connectivity index is 1.71. The van der Waals surface area contributed by atoms with E-state index in [1.165, 1.54) is 0 Å². The van der Waals surface area contributed by atoms with Crippen LogP contribution in [-0.2, 0) is 9.84 Å². The second kappa shape index (κ2) is 7.36. The van der Waals surface area contributed by atoms with Crippen molar-refractivity contribution in [2.75, 3.05) is 6.26 Å². The van der Waals surface area contributed by atoms with E-state index in [1.54, 1.807) is 30.3 Å². The second-order valence-corrected chi connectivity index (χ2v) is 8.58. The number of carbonyl (C=O) groups is 1.